The summed E-state index contributed by atoms with van der Waals surface area (Å²) in [5.41, 5.74) is 5.39. The van der Waals surface area contributed by atoms with Crippen LogP contribution in [0.15, 0.2) is 0 Å². The van der Waals surface area contributed by atoms with E-state index >= 15 is 0 Å². The number of unbranched alkanes of at least 4 members (excludes halogenated alkanes) is 2. The van der Waals surface area contributed by atoms with E-state index in [0.29, 0.717) is 19.8 Å². The third-order valence-electron chi connectivity index (χ3n) is 1.84. The van der Waals surface area contributed by atoms with Crippen LogP contribution in [0.4, 0.5) is 0 Å². The summed E-state index contributed by atoms with van der Waals surface area (Å²) in [6, 6.07) is 0. The van der Waals surface area contributed by atoms with Gasteiger partial charge in [0.2, 0.25) is 0 Å². The van der Waals surface area contributed by atoms with E-state index in [4.69, 9.17) is 24.4 Å². The first-order valence-electron chi connectivity index (χ1n) is 5.59. The minimum atomic E-state index is -2.84. The summed E-state index contributed by atoms with van der Waals surface area (Å²) in [7, 11) is -2.84. The molecule has 0 radical (unpaired) electrons. The fraction of sp³-hybridized carbons (Fsp3) is 1.00. The Labute approximate surface area is 93.5 Å². The van der Waals surface area contributed by atoms with Gasteiger partial charge in [0.15, 0.2) is 0 Å². The van der Waals surface area contributed by atoms with Gasteiger partial charge in [-0.2, -0.15) is 0 Å². The fourth-order valence-electron chi connectivity index (χ4n) is 1.16. The molecule has 0 aromatic rings. The zero-order chi connectivity index (χ0) is 11.6. The van der Waals surface area contributed by atoms with Crippen LogP contribution in [0.25, 0.3) is 0 Å². The van der Waals surface area contributed by atoms with Gasteiger partial charge in [-0.05, 0) is 39.7 Å². The highest BCUT2D eigenvalue weighted by Gasteiger charge is 2.36. The molecular weight excluding hydrogens is 212 g/mol. The first-order chi connectivity index (χ1) is 7.18. The normalized spacial score (nSPS) is 12.0. The quantitative estimate of drug-likeness (QED) is 0.429. The van der Waals surface area contributed by atoms with E-state index in [9.17, 15) is 0 Å². The van der Waals surface area contributed by atoms with Crippen molar-refractivity contribution in [2.45, 2.75) is 33.1 Å². The highest BCUT2D eigenvalue weighted by molar-refractivity contribution is 6.56. The molecule has 0 atom stereocenters. The molecule has 0 aliphatic rings. The average molecular weight is 236 g/mol. The molecule has 0 heterocycles. The largest absolute Gasteiger partial charge is 0.594 e. The Morgan fingerprint density at radius 3 is 2.00 bits per heavy atom. The van der Waals surface area contributed by atoms with Crippen molar-refractivity contribution in [2.24, 2.45) is 11.1 Å². The van der Waals surface area contributed by atoms with E-state index < -0.39 is 8.97 Å². The summed E-state index contributed by atoms with van der Waals surface area (Å²) in [4.78, 5) is 0. The second-order valence-corrected chi connectivity index (χ2v) is 5.24. The minimum Gasteiger partial charge on any atom is -0.362 e. The lowest BCUT2D eigenvalue weighted by molar-refractivity contribution is 0.0667. The number of rotatable bonds is 10. The first kappa shape index (κ1) is 15.0. The van der Waals surface area contributed by atoms with Crippen LogP contribution in [-0.4, -0.2) is 35.3 Å². The second-order valence-electron chi connectivity index (χ2n) is 3.17. The lowest BCUT2D eigenvalue weighted by Gasteiger charge is -2.23. The molecule has 0 amide bonds. The zero-order valence-electron chi connectivity index (χ0n) is 9.83. The highest BCUT2D eigenvalue weighted by Crippen LogP contribution is 2.04. The standard InChI is InChI=1S/C9H24N2O3Si/c1-3-12-15(11,13-4-2)14-9-7-5-6-8-10/h3-11H2,1-2H3. The van der Waals surface area contributed by atoms with Crippen LogP contribution in [0.3, 0.4) is 0 Å². The summed E-state index contributed by atoms with van der Waals surface area (Å²) >= 11 is 0. The van der Waals surface area contributed by atoms with E-state index in [1.165, 1.54) is 0 Å². The fourth-order valence-corrected chi connectivity index (χ4v) is 2.65. The average Bonchev–Trinajstić information content (AvgIpc) is 2.18. The van der Waals surface area contributed by atoms with Crippen molar-refractivity contribution in [1.29, 1.82) is 0 Å². The Kier molecular flexibility index (Phi) is 9.27. The monoisotopic (exact) mass is 236 g/mol. The van der Waals surface area contributed by atoms with Crippen molar-refractivity contribution < 1.29 is 13.3 Å². The number of hydrogen-bond donors (Lipinski definition) is 2. The van der Waals surface area contributed by atoms with Crippen LogP contribution < -0.4 is 11.1 Å². The lowest BCUT2D eigenvalue weighted by atomic mass is 10.2. The maximum atomic E-state index is 5.88. The molecule has 0 spiro atoms. The third-order valence-corrected chi connectivity index (χ3v) is 3.83. The van der Waals surface area contributed by atoms with Crippen molar-refractivity contribution in [1.82, 2.24) is 0 Å². The van der Waals surface area contributed by atoms with Gasteiger partial charge in [0.1, 0.15) is 0 Å². The lowest BCUT2D eigenvalue weighted by Crippen LogP contribution is -2.55. The predicted molar refractivity (Wildman–Crippen MR) is 62.1 cm³/mol. The summed E-state index contributed by atoms with van der Waals surface area (Å²) in [6.07, 6.45) is 3.02. The minimum absolute atomic E-state index is 0.519. The van der Waals surface area contributed by atoms with E-state index in [1.807, 2.05) is 13.8 Å². The molecule has 0 rings (SSSR count). The second kappa shape index (κ2) is 9.26. The van der Waals surface area contributed by atoms with Gasteiger partial charge in [0.25, 0.3) is 0 Å². The smallest absolute Gasteiger partial charge is 0.362 e. The van der Waals surface area contributed by atoms with E-state index in [-0.39, 0.29) is 0 Å². The van der Waals surface area contributed by atoms with Crippen LogP contribution in [0, 0.1) is 0 Å². The Morgan fingerprint density at radius 2 is 1.53 bits per heavy atom. The van der Waals surface area contributed by atoms with Crippen LogP contribution in [0.2, 0.25) is 0 Å². The van der Waals surface area contributed by atoms with Crippen LogP contribution >= 0.6 is 0 Å². The maximum absolute atomic E-state index is 5.88. The van der Waals surface area contributed by atoms with Gasteiger partial charge in [-0.25, -0.2) is 0 Å². The Balaban J connectivity index is 3.65. The molecule has 0 aromatic carbocycles. The molecule has 0 bridgehead atoms. The van der Waals surface area contributed by atoms with Gasteiger partial charge in [-0.15, -0.1) is 0 Å². The van der Waals surface area contributed by atoms with E-state index in [2.05, 4.69) is 0 Å². The Hall–Kier alpha value is 0.0169. The molecule has 0 fully saturated rings. The summed E-state index contributed by atoms with van der Waals surface area (Å²) in [5.74, 6) is 0. The van der Waals surface area contributed by atoms with Gasteiger partial charge in [-0.1, -0.05) is 0 Å². The van der Waals surface area contributed by atoms with E-state index in [1.54, 1.807) is 0 Å². The SMILES string of the molecule is CCO[Si](N)(OCC)OCCCCCN. The summed E-state index contributed by atoms with van der Waals surface area (Å²) in [6.45, 7) is 6.11. The van der Waals surface area contributed by atoms with Crippen molar-refractivity contribution in [3.05, 3.63) is 0 Å². The van der Waals surface area contributed by atoms with Gasteiger partial charge in [-0.3, -0.25) is 5.40 Å². The Bertz CT molecular complexity index is 143. The molecule has 0 saturated carbocycles. The van der Waals surface area contributed by atoms with Crippen molar-refractivity contribution in [3.63, 3.8) is 0 Å². The molecule has 0 saturated heterocycles. The van der Waals surface area contributed by atoms with Crippen molar-refractivity contribution in [2.75, 3.05) is 26.4 Å². The molecule has 4 N–H and O–H groups in total. The maximum Gasteiger partial charge on any atom is 0.594 e. The molecule has 5 nitrogen and oxygen atoms in total. The molecule has 92 valence electrons. The molecule has 15 heavy (non-hydrogen) atoms. The third kappa shape index (κ3) is 7.89. The number of nitrogens with two attached hydrogens (primary N) is 2. The molecule has 0 aliphatic carbocycles. The van der Waals surface area contributed by atoms with Gasteiger partial charge < -0.3 is 19.0 Å². The van der Waals surface area contributed by atoms with E-state index in [0.717, 1.165) is 25.8 Å². The van der Waals surface area contributed by atoms with Crippen LogP contribution in [-0.2, 0) is 13.3 Å². The predicted octanol–water partition coefficient (Wildman–Crippen LogP) is 0.599. The number of hydrogen-bond acceptors (Lipinski definition) is 5. The van der Waals surface area contributed by atoms with Gasteiger partial charge in [0, 0.05) is 19.8 Å². The van der Waals surface area contributed by atoms with Crippen LogP contribution in [0.1, 0.15) is 33.1 Å². The molecule has 0 unspecified atom stereocenters. The summed E-state index contributed by atoms with van der Waals surface area (Å²) < 4.78 is 16.1. The topological polar surface area (TPSA) is 79.7 Å². The molecule has 0 aromatic heterocycles. The highest BCUT2D eigenvalue weighted by atomic mass is 28.4. The molecular formula is C9H24N2O3Si. The zero-order valence-corrected chi connectivity index (χ0v) is 10.8. The van der Waals surface area contributed by atoms with Gasteiger partial charge >= 0.3 is 8.97 Å². The molecule has 6 heteroatoms. The first-order valence-corrected chi connectivity index (χ1v) is 7.39. The Morgan fingerprint density at radius 1 is 0.933 bits per heavy atom. The van der Waals surface area contributed by atoms with Gasteiger partial charge in [0.05, 0.1) is 0 Å². The van der Waals surface area contributed by atoms with Crippen molar-refractivity contribution >= 4 is 8.97 Å². The van der Waals surface area contributed by atoms with Crippen molar-refractivity contribution in [3.8, 4) is 0 Å². The summed E-state index contributed by atoms with van der Waals surface area (Å²) in [5, 5.41) is 5.88. The molecule has 0 aliphatic heterocycles. The van der Waals surface area contributed by atoms with Crippen LogP contribution in [0.5, 0.6) is 0 Å².